The van der Waals surface area contributed by atoms with Crippen molar-refractivity contribution < 1.29 is 39.8 Å². The lowest BCUT2D eigenvalue weighted by atomic mass is 9.64. The summed E-state index contributed by atoms with van der Waals surface area (Å²) < 4.78 is 10.0. The average molecular weight is 390 g/mol. The third-order valence-corrected chi connectivity index (χ3v) is 5.12. The highest BCUT2D eigenvalue weighted by Gasteiger charge is 2.65. The molecule has 0 bridgehead atoms. The molecule has 5 N–H and O–H groups in total. The Morgan fingerprint density at radius 3 is 2.43 bits per heavy atom. The Labute approximate surface area is 161 Å². The molecule has 5 atom stereocenters. The molecule has 0 spiro atoms. The van der Waals surface area contributed by atoms with Gasteiger partial charge in [0, 0.05) is 5.92 Å². The smallest absolute Gasteiger partial charge is 0.337 e. The van der Waals surface area contributed by atoms with E-state index in [0.717, 1.165) is 11.1 Å². The van der Waals surface area contributed by atoms with Gasteiger partial charge in [-0.1, -0.05) is 24.3 Å². The standard InChI is InChI=1S/C20H22O8/c1-27-18(24)12-7-5-11(6-8-12)13-3-2-4-14(9-13)28-19(25)20(26)15(10-21)16(22)17(20)23/h2-9,15-17,19,21-23,25-26H,10H2,1H3. The van der Waals surface area contributed by atoms with E-state index in [1.54, 1.807) is 48.5 Å². The van der Waals surface area contributed by atoms with E-state index in [0.29, 0.717) is 5.56 Å². The topological polar surface area (TPSA) is 137 Å². The summed E-state index contributed by atoms with van der Waals surface area (Å²) in [6.45, 7) is -0.623. The molecule has 2 aromatic rings. The van der Waals surface area contributed by atoms with Crippen molar-refractivity contribution in [2.45, 2.75) is 24.1 Å². The Kier molecular flexibility index (Phi) is 5.69. The minimum atomic E-state index is -2.19. The number of aliphatic hydroxyl groups is 5. The first kappa shape index (κ1) is 20.2. The molecule has 1 aliphatic carbocycles. The van der Waals surface area contributed by atoms with Gasteiger partial charge in [0.15, 0.2) is 5.60 Å². The lowest BCUT2D eigenvalue weighted by Crippen LogP contribution is -2.76. The highest BCUT2D eigenvalue weighted by molar-refractivity contribution is 5.90. The van der Waals surface area contributed by atoms with Crippen molar-refractivity contribution in [1.29, 1.82) is 0 Å². The Morgan fingerprint density at radius 2 is 1.82 bits per heavy atom. The summed E-state index contributed by atoms with van der Waals surface area (Å²) in [6, 6.07) is 13.3. The molecule has 0 heterocycles. The molecule has 8 heteroatoms. The van der Waals surface area contributed by atoms with E-state index in [1.807, 2.05) is 0 Å². The third-order valence-electron chi connectivity index (χ3n) is 5.12. The summed E-state index contributed by atoms with van der Waals surface area (Å²) in [4.78, 5) is 11.5. The van der Waals surface area contributed by atoms with Crippen molar-refractivity contribution >= 4 is 5.97 Å². The van der Waals surface area contributed by atoms with Gasteiger partial charge in [-0.05, 0) is 35.4 Å². The zero-order valence-electron chi connectivity index (χ0n) is 15.1. The van der Waals surface area contributed by atoms with Gasteiger partial charge in [0.05, 0.1) is 25.4 Å². The third kappa shape index (κ3) is 3.36. The summed E-state index contributed by atoms with van der Waals surface area (Å²) in [5, 5.41) is 49.4. The minimum absolute atomic E-state index is 0.209. The first-order valence-corrected chi connectivity index (χ1v) is 8.65. The summed E-state index contributed by atoms with van der Waals surface area (Å²) in [5.74, 6) is -1.37. The molecule has 0 saturated heterocycles. The Bertz CT molecular complexity index is 836. The fourth-order valence-electron chi connectivity index (χ4n) is 3.34. The maximum Gasteiger partial charge on any atom is 0.337 e. The summed E-state index contributed by atoms with van der Waals surface area (Å²) in [6.07, 6.45) is -4.86. The van der Waals surface area contributed by atoms with Crippen LogP contribution in [0.3, 0.4) is 0 Å². The van der Waals surface area contributed by atoms with E-state index in [9.17, 15) is 30.3 Å². The van der Waals surface area contributed by atoms with Crippen LogP contribution in [0.5, 0.6) is 5.75 Å². The zero-order chi connectivity index (χ0) is 20.5. The van der Waals surface area contributed by atoms with E-state index in [1.165, 1.54) is 7.11 Å². The lowest BCUT2D eigenvalue weighted by Gasteiger charge is -2.53. The second kappa shape index (κ2) is 7.86. The second-order valence-corrected chi connectivity index (χ2v) is 6.68. The number of carbonyl (C=O) groups is 1. The maximum absolute atomic E-state index is 11.5. The van der Waals surface area contributed by atoms with E-state index in [2.05, 4.69) is 4.74 Å². The molecular formula is C20H22O8. The Balaban J connectivity index is 1.77. The number of esters is 1. The van der Waals surface area contributed by atoms with Crippen LogP contribution in [0.2, 0.25) is 0 Å². The fraction of sp³-hybridized carbons (Fsp3) is 0.350. The van der Waals surface area contributed by atoms with Crippen molar-refractivity contribution in [2.24, 2.45) is 5.92 Å². The Hall–Kier alpha value is -2.49. The Morgan fingerprint density at radius 1 is 1.14 bits per heavy atom. The van der Waals surface area contributed by atoms with Crippen LogP contribution >= 0.6 is 0 Å². The molecule has 1 aliphatic rings. The van der Waals surface area contributed by atoms with Gasteiger partial charge < -0.3 is 35.0 Å². The van der Waals surface area contributed by atoms with Gasteiger partial charge in [-0.25, -0.2) is 4.79 Å². The van der Waals surface area contributed by atoms with E-state index >= 15 is 0 Å². The zero-order valence-corrected chi connectivity index (χ0v) is 15.1. The van der Waals surface area contributed by atoms with Crippen LogP contribution in [0.15, 0.2) is 48.5 Å². The van der Waals surface area contributed by atoms with Gasteiger partial charge in [0.1, 0.15) is 11.9 Å². The summed E-state index contributed by atoms with van der Waals surface area (Å²) in [5.41, 5.74) is -0.282. The number of aliphatic hydroxyl groups excluding tert-OH is 4. The molecule has 0 aromatic heterocycles. The van der Waals surface area contributed by atoms with Crippen LogP contribution in [0.1, 0.15) is 10.4 Å². The van der Waals surface area contributed by atoms with Crippen LogP contribution in [0.4, 0.5) is 0 Å². The predicted molar refractivity (Wildman–Crippen MR) is 97.4 cm³/mol. The first-order valence-electron chi connectivity index (χ1n) is 8.65. The molecule has 8 nitrogen and oxygen atoms in total. The second-order valence-electron chi connectivity index (χ2n) is 6.68. The highest BCUT2D eigenvalue weighted by Crippen LogP contribution is 2.42. The lowest BCUT2D eigenvalue weighted by molar-refractivity contribution is -0.332. The van der Waals surface area contributed by atoms with Gasteiger partial charge in [0.25, 0.3) is 0 Å². The average Bonchev–Trinajstić information content (AvgIpc) is 2.73. The number of hydrogen-bond acceptors (Lipinski definition) is 8. The van der Waals surface area contributed by atoms with Crippen molar-refractivity contribution in [3.8, 4) is 16.9 Å². The van der Waals surface area contributed by atoms with Gasteiger partial charge >= 0.3 is 5.97 Å². The molecular weight excluding hydrogens is 368 g/mol. The summed E-state index contributed by atoms with van der Waals surface area (Å²) in [7, 11) is 1.30. The van der Waals surface area contributed by atoms with Crippen molar-refractivity contribution in [3.05, 3.63) is 54.1 Å². The predicted octanol–water partition coefficient (Wildman–Crippen LogP) is -0.0876. The van der Waals surface area contributed by atoms with Crippen LogP contribution < -0.4 is 4.74 Å². The quantitative estimate of drug-likeness (QED) is 0.341. The van der Waals surface area contributed by atoms with Gasteiger partial charge in [-0.15, -0.1) is 0 Å². The number of rotatable bonds is 6. The number of benzene rings is 2. The molecule has 1 saturated carbocycles. The van der Waals surface area contributed by atoms with Crippen LogP contribution in [-0.2, 0) is 4.74 Å². The van der Waals surface area contributed by atoms with Crippen molar-refractivity contribution in [3.63, 3.8) is 0 Å². The van der Waals surface area contributed by atoms with Gasteiger partial charge in [0.2, 0.25) is 6.29 Å². The van der Waals surface area contributed by atoms with Crippen molar-refractivity contribution in [2.75, 3.05) is 13.7 Å². The molecule has 150 valence electrons. The number of hydrogen-bond donors (Lipinski definition) is 5. The van der Waals surface area contributed by atoms with E-state index < -0.39 is 42.6 Å². The van der Waals surface area contributed by atoms with Gasteiger partial charge in [-0.2, -0.15) is 0 Å². The molecule has 0 aliphatic heterocycles. The first-order chi connectivity index (χ1) is 13.3. The molecule has 28 heavy (non-hydrogen) atoms. The molecule has 3 rings (SSSR count). The van der Waals surface area contributed by atoms with Crippen LogP contribution in [0, 0.1) is 5.92 Å². The molecule has 0 amide bonds. The number of ether oxygens (including phenoxy) is 2. The van der Waals surface area contributed by atoms with Crippen LogP contribution in [-0.4, -0.2) is 69.3 Å². The van der Waals surface area contributed by atoms with Crippen molar-refractivity contribution in [1.82, 2.24) is 0 Å². The molecule has 1 fully saturated rings. The number of carbonyl (C=O) groups excluding carboxylic acids is 1. The molecule has 0 radical (unpaired) electrons. The summed E-state index contributed by atoms with van der Waals surface area (Å²) >= 11 is 0. The SMILES string of the molecule is COC(=O)c1ccc(-c2cccc(OC(O)C3(O)C(O)C(O)C3CO)c2)cc1. The van der Waals surface area contributed by atoms with Crippen LogP contribution in [0.25, 0.3) is 11.1 Å². The fourth-order valence-corrected chi connectivity index (χ4v) is 3.34. The van der Waals surface area contributed by atoms with E-state index in [4.69, 9.17) is 4.74 Å². The largest absolute Gasteiger partial charge is 0.465 e. The molecule has 2 aromatic carbocycles. The molecule has 5 unspecified atom stereocenters. The van der Waals surface area contributed by atoms with Gasteiger partial charge in [-0.3, -0.25) is 0 Å². The maximum atomic E-state index is 11.5. The highest BCUT2D eigenvalue weighted by atomic mass is 16.6. The monoisotopic (exact) mass is 390 g/mol. The number of methoxy groups -OCH3 is 1. The van der Waals surface area contributed by atoms with E-state index in [-0.39, 0.29) is 5.75 Å². The normalized spacial score (nSPS) is 27.6. The minimum Gasteiger partial charge on any atom is -0.465 e.